The molecule has 10 heteroatoms. The van der Waals surface area contributed by atoms with E-state index in [0.717, 1.165) is 0 Å². The monoisotopic (exact) mass is 390 g/mol. The summed E-state index contributed by atoms with van der Waals surface area (Å²) in [6.45, 7) is 2.38. The smallest absolute Gasteiger partial charge is 0.146 e. The van der Waals surface area contributed by atoms with E-state index in [9.17, 15) is 8.78 Å². The van der Waals surface area contributed by atoms with Crippen molar-refractivity contribution >= 4 is 0 Å². The number of alkyl halides is 2. The molecular weight excluding hydrogens is 358 g/mol. The minimum Gasteiger partial charge on any atom is -0.393 e. The molecule has 0 aromatic carbocycles. The molecular formula is C16H32F2O8. The van der Waals surface area contributed by atoms with Crippen LogP contribution in [0.3, 0.4) is 0 Å². The first kappa shape index (κ1) is 25.5. The van der Waals surface area contributed by atoms with Gasteiger partial charge in [-0.3, -0.25) is 0 Å². The van der Waals surface area contributed by atoms with E-state index in [0.29, 0.717) is 52.9 Å². The van der Waals surface area contributed by atoms with Gasteiger partial charge in [0.2, 0.25) is 0 Å². The fraction of sp³-hybridized carbons (Fsp3) is 1.00. The molecule has 26 heavy (non-hydrogen) atoms. The summed E-state index contributed by atoms with van der Waals surface area (Å²) in [7, 11) is 0. The Labute approximate surface area is 153 Å². The lowest BCUT2D eigenvalue weighted by Crippen LogP contribution is -2.18. The summed E-state index contributed by atoms with van der Waals surface area (Å²) in [6.07, 6.45) is -2.70. The van der Waals surface area contributed by atoms with E-state index in [4.69, 9.17) is 38.6 Å². The highest BCUT2D eigenvalue weighted by Crippen LogP contribution is 1.91. The predicted octanol–water partition coefficient (Wildman–Crippen LogP) is -0.253. The van der Waals surface area contributed by atoms with E-state index in [1.165, 1.54) is 0 Å². The summed E-state index contributed by atoms with van der Waals surface area (Å²) >= 11 is 0. The predicted molar refractivity (Wildman–Crippen MR) is 88.9 cm³/mol. The summed E-state index contributed by atoms with van der Waals surface area (Å²) in [6, 6.07) is 0. The van der Waals surface area contributed by atoms with Gasteiger partial charge < -0.3 is 38.6 Å². The lowest BCUT2D eigenvalue weighted by Gasteiger charge is -2.09. The Hall–Kier alpha value is -0.460. The van der Waals surface area contributed by atoms with Crippen molar-refractivity contribution in [2.75, 3.05) is 92.5 Å². The molecule has 0 radical (unpaired) electrons. The number of hydrogen-bond donors (Lipinski definition) is 2. The molecule has 0 aromatic heterocycles. The van der Waals surface area contributed by atoms with Gasteiger partial charge in [-0.15, -0.1) is 0 Å². The molecule has 2 atom stereocenters. The molecule has 0 aromatic rings. The molecule has 0 spiro atoms. The third-order valence-electron chi connectivity index (χ3n) is 2.85. The third-order valence-corrected chi connectivity index (χ3v) is 2.85. The van der Waals surface area contributed by atoms with Gasteiger partial charge in [0, 0.05) is 0 Å². The van der Waals surface area contributed by atoms with Crippen LogP contribution in [0.4, 0.5) is 8.78 Å². The number of aliphatic hydroxyl groups excluding tert-OH is 2. The van der Waals surface area contributed by atoms with E-state index in [-0.39, 0.29) is 26.4 Å². The standard InChI is InChI=1S/C16H32F2O8/c17-15(11-19)13-25-9-7-23-5-3-21-1-2-22-4-6-24-8-10-26-14-16(18)12-20/h15-16,19-20H,1-14H2. The van der Waals surface area contributed by atoms with Gasteiger partial charge in [-0.2, -0.15) is 0 Å². The van der Waals surface area contributed by atoms with Gasteiger partial charge in [0.05, 0.1) is 92.5 Å². The van der Waals surface area contributed by atoms with E-state index in [1.54, 1.807) is 0 Å². The fourth-order valence-electron chi connectivity index (χ4n) is 1.53. The quantitative estimate of drug-likeness (QED) is 0.259. The van der Waals surface area contributed by atoms with E-state index < -0.39 is 25.6 Å². The molecule has 8 nitrogen and oxygen atoms in total. The van der Waals surface area contributed by atoms with Crippen LogP contribution in [-0.2, 0) is 28.4 Å². The number of halogens is 2. The highest BCUT2D eigenvalue weighted by atomic mass is 19.1. The van der Waals surface area contributed by atoms with Crippen molar-refractivity contribution in [3.05, 3.63) is 0 Å². The zero-order valence-corrected chi connectivity index (χ0v) is 15.2. The average molecular weight is 390 g/mol. The summed E-state index contributed by atoms with van der Waals surface area (Å²) in [4.78, 5) is 0. The van der Waals surface area contributed by atoms with Crippen LogP contribution in [0.5, 0.6) is 0 Å². The summed E-state index contributed by atoms with van der Waals surface area (Å²) in [5.41, 5.74) is 0. The maximum Gasteiger partial charge on any atom is 0.146 e. The second kappa shape index (κ2) is 20.8. The molecule has 0 amide bonds. The maximum atomic E-state index is 12.6. The molecule has 0 saturated carbocycles. The Bertz CT molecular complexity index is 251. The van der Waals surface area contributed by atoms with E-state index in [1.807, 2.05) is 0 Å². The van der Waals surface area contributed by atoms with Crippen molar-refractivity contribution in [1.82, 2.24) is 0 Å². The van der Waals surface area contributed by atoms with Crippen molar-refractivity contribution in [1.29, 1.82) is 0 Å². The Morgan fingerprint density at radius 1 is 0.462 bits per heavy atom. The second-order valence-corrected chi connectivity index (χ2v) is 5.16. The van der Waals surface area contributed by atoms with Crippen LogP contribution in [0, 0.1) is 0 Å². The summed E-state index contributed by atoms with van der Waals surface area (Å²) in [5, 5.41) is 16.9. The number of aliphatic hydroxyl groups is 2. The van der Waals surface area contributed by atoms with Gasteiger partial charge in [-0.05, 0) is 0 Å². The van der Waals surface area contributed by atoms with E-state index in [2.05, 4.69) is 0 Å². The zero-order chi connectivity index (χ0) is 19.3. The number of rotatable bonds is 21. The first-order valence-electron chi connectivity index (χ1n) is 8.67. The molecule has 2 unspecified atom stereocenters. The minimum atomic E-state index is -1.35. The molecule has 2 N–H and O–H groups in total. The van der Waals surface area contributed by atoms with Crippen LogP contribution in [0.2, 0.25) is 0 Å². The normalized spacial score (nSPS) is 13.8. The average Bonchev–Trinajstić information content (AvgIpc) is 2.66. The van der Waals surface area contributed by atoms with Crippen LogP contribution >= 0.6 is 0 Å². The van der Waals surface area contributed by atoms with Crippen LogP contribution in [0.1, 0.15) is 0 Å². The van der Waals surface area contributed by atoms with Gasteiger partial charge in [-0.1, -0.05) is 0 Å². The Kier molecular flexibility index (Phi) is 20.5. The van der Waals surface area contributed by atoms with Crippen LogP contribution in [-0.4, -0.2) is 115 Å². The lowest BCUT2D eigenvalue weighted by atomic mass is 10.4. The number of hydrogen-bond acceptors (Lipinski definition) is 8. The van der Waals surface area contributed by atoms with E-state index >= 15 is 0 Å². The molecule has 0 fully saturated rings. The molecule has 0 aliphatic carbocycles. The van der Waals surface area contributed by atoms with Crippen molar-refractivity contribution in [3.8, 4) is 0 Å². The molecule has 0 rings (SSSR count). The van der Waals surface area contributed by atoms with Crippen molar-refractivity contribution in [2.24, 2.45) is 0 Å². The third kappa shape index (κ3) is 19.9. The molecule has 0 aliphatic heterocycles. The Morgan fingerprint density at radius 3 is 0.923 bits per heavy atom. The highest BCUT2D eigenvalue weighted by Gasteiger charge is 2.04. The Morgan fingerprint density at radius 2 is 0.692 bits per heavy atom. The molecule has 0 bridgehead atoms. The second-order valence-electron chi connectivity index (χ2n) is 5.16. The minimum absolute atomic E-state index is 0.133. The molecule has 158 valence electrons. The van der Waals surface area contributed by atoms with Crippen molar-refractivity contribution in [3.63, 3.8) is 0 Å². The first-order chi connectivity index (χ1) is 12.7. The number of ether oxygens (including phenoxy) is 6. The van der Waals surface area contributed by atoms with Gasteiger partial charge in [0.25, 0.3) is 0 Å². The topological polar surface area (TPSA) is 95.8 Å². The summed E-state index contributed by atoms with van der Waals surface area (Å²) < 4.78 is 56.1. The first-order valence-corrected chi connectivity index (χ1v) is 8.67. The van der Waals surface area contributed by atoms with Gasteiger partial charge in [0.15, 0.2) is 0 Å². The van der Waals surface area contributed by atoms with Gasteiger partial charge >= 0.3 is 0 Å². The van der Waals surface area contributed by atoms with Gasteiger partial charge in [-0.25, -0.2) is 8.78 Å². The molecule has 0 heterocycles. The highest BCUT2D eigenvalue weighted by molar-refractivity contribution is 4.49. The van der Waals surface area contributed by atoms with Gasteiger partial charge in [0.1, 0.15) is 12.3 Å². The van der Waals surface area contributed by atoms with Crippen molar-refractivity contribution in [2.45, 2.75) is 12.3 Å². The maximum absolute atomic E-state index is 12.6. The lowest BCUT2D eigenvalue weighted by molar-refractivity contribution is -0.0240. The van der Waals surface area contributed by atoms with Crippen LogP contribution in [0.25, 0.3) is 0 Å². The van der Waals surface area contributed by atoms with Crippen LogP contribution < -0.4 is 0 Å². The zero-order valence-electron chi connectivity index (χ0n) is 15.2. The molecule has 0 aliphatic rings. The Balaban J connectivity index is 3.03. The molecule has 0 saturated heterocycles. The fourth-order valence-corrected chi connectivity index (χ4v) is 1.53. The largest absolute Gasteiger partial charge is 0.393 e. The van der Waals surface area contributed by atoms with Crippen molar-refractivity contribution < 1.29 is 47.4 Å². The summed E-state index contributed by atoms with van der Waals surface area (Å²) in [5.74, 6) is 0. The van der Waals surface area contributed by atoms with Crippen LogP contribution in [0.15, 0.2) is 0 Å². The SMILES string of the molecule is OCC(F)COCCOCCOCCOCCOCCOCC(F)CO.